The molecule has 156 valence electrons. The molecule has 0 aliphatic carbocycles. The van der Waals surface area contributed by atoms with E-state index >= 15 is 0 Å². The van der Waals surface area contributed by atoms with Crippen molar-refractivity contribution in [2.24, 2.45) is 10.2 Å². The van der Waals surface area contributed by atoms with Crippen molar-refractivity contribution in [2.75, 3.05) is 12.8 Å². The van der Waals surface area contributed by atoms with Crippen LogP contribution >= 0.6 is 0 Å². The quantitative estimate of drug-likeness (QED) is 0.372. The summed E-state index contributed by atoms with van der Waals surface area (Å²) in [5, 5.41) is 12.7. The van der Waals surface area contributed by atoms with Crippen LogP contribution in [-0.2, 0) is 0 Å². The van der Waals surface area contributed by atoms with E-state index in [1.54, 1.807) is 31.4 Å². The largest absolute Gasteiger partial charge is 0.497 e. The molecule has 0 spiro atoms. The number of nitrogens with two attached hydrogens (primary N) is 1. The minimum atomic E-state index is -0.558. The van der Waals surface area contributed by atoms with Crippen molar-refractivity contribution < 1.29 is 9.53 Å². The number of hydrogen-bond acceptors (Lipinski definition) is 7. The van der Waals surface area contributed by atoms with Crippen LogP contribution in [0.2, 0.25) is 0 Å². The second-order valence-electron chi connectivity index (χ2n) is 6.99. The smallest absolute Gasteiger partial charge is 0.262 e. The van der Waals surface area contributed by atoms with Gasteiger partial charge < -0.3 is 15.5 Å². The Morgan fingerprint density at radius 1 is 1.10 bits per heavy atom. The lowest BCUT2D eigenvalue weighted by molar-refractivity contribution is 0.101. The van der Waals surface area contributed by atoms with E-state index in [1.165, 1.54) is 11.4 Å². The van der Waals surface area contributed by atoms with Crippen molar-refractivity contribution in [3.8, 4) is 17.0 Å². The van der Waals surface area contributed by atoms with Gasteiger partial charge in [0.2, 0.25) is 0 Å². The maximum Gasteiger partial charge on any atom is 0.262 e. The number of benzene rings is 2. The number of H-pyrrole nitrogens is 1. The number of hydrogen-bond donors (Lipinski definition) is 2. The Kier molecular flexibility index (Phi) is 5.08. The van der Waals surface area contributed by atoms with Gasteiger partial charge in [0, 0.05) is 5.56 Å². The van der Waals surface area contributed by atoms with Crippen LogP contribution in [0.15, 0.2) is 63.6 Å². The SMILES string of the molecule is COc1ccc(-c2c(C(C)=O)c(=O)[nH]c3c(N=Nc4ccc(C)cc4)c(N)nn23)cc1. The van der Waals surface area contributed by atoms with Crippen LogP contribution < -0.4 is 16.0 Å². The molecular weight excluding hydrogens is 396 g/mol. The van der Waals surface area contributed by atoms with Crippen LogP contribution in [0.25, 0.3) is 16.9 Å². The molecule has 0 bridgehead atoms. The summed E-state index contributed by atoms with van der Waals surface area (Å²) < 4.78 is 6.61. The number of carbonyl (C=O) groups excluding carboxylic acids is 1. The number of nitrogens with one attached hydrogen (secondary N) is 1. The molecule has 0 unspecified atom stereocenters. The number of Topliss-reactive ketones (excluding diaryl/α,β-unsaturated/α-hetero) is 1. The molecule has 0 amide bonds. The third-order valence-electron chi connectivity index (χ3n) is 4.81. The minimum absolute atomic E-state index is 0.0257. The highest BCUT2D eigenvalue weighted by Crippen LogP contribution is 2.32. The standard InChI is InChI=1S/C22H20N6O3/c1-12-4-8-15(9-5-12)25-26-18-20(23)27-28-19(14-6-10-16(31-3)11-7-14)17(13(2)29)22(30)24-21(18)28/h4-11H,1-3H3,(H2,23,27)(H,24,30). The van der Waals surface area contributed by atoms with E-state index in [4.69, 9.17) is 10.5 Å². The van der Waals surface area contributed by atoms with Gasteiger partial charge in [-0.25, -0.2) is 4.52 Å². The van der Waals surface area contributed by atoms with Crippen molar-refractivity contribution in [3.05, 3.63) is 70.0 Å². The molecule has 0 radical (unpaired) electrons. The van der Waals surface area contributed by atoms with Gasteiger partial charge in [-0.2, -0.15) is 5.11 Å². The number of fused-ring (bicyclic) bond motifs is 1. The number of nitrogens with zero attached hydrogens (tertiary/aromatic N) is 4. The summed E-state index contributed by atoms with van der Waals surface area (Å²) in [6.45, 7) is 3.30. The molecule has 0 saturated heterocycles. The van der Waals surface area contributed by atoms with E-state index in [9.17, 15) is 9.59 Å². The molecule has 0 aliphatic rings. The summed E-state index contributed by atoms with van der Waals surface area (Å²) in [5.74, 6) is 0.314. The van der Waals surface area contributed by atoms with Gasteiger partial charge >= 0.3 is 0 Å². The Morgan fingerprint density at radius 3 is 2.39 bits per heavy atom. The second-order valence-corrected chi connectivity index (χ2v) is 6.99. The first-order valence-electron chi connectivity index (χ1n) is 9.47. The summed E-state index contributed by atoms with van der Waals surface area (Å²) >= 11 is 0. The predicted molar refractivity (Wildman–Crippen MR) is 118 cm³/mol. The van der Waals surface area contributed by atoms with E-state index in [2.05, 4.69) is 20.3 Å². The van der Waals surface area contributed by atoms with Crippen molar-refractivity contribution in [2.45, 2.75) is 13.8 Å². The number of aromatic nitrogens is 3. The summed E-state index contributed by atoms with van der Waals surface area (Å²) in [6.07, 6.45) is 0. The third-order valence-corrected chi connectivity index (χ3v) is 4.81. The highest BCUT2D eigenvalue weighted by atomic mass is 16.5. The number of aromatic amines is 1. The Bertz CT molecular complexity index is 1370. The zero-order valence-corrected chi connectivity index (χ0v) is 17.2. The summed E-state index contributed by atoms with van der Waals surface area (Å²) in [4.78, 5) is 27.8. The third kappa shape index (κ3) is 3.68. The van der Waals surface area contributed by atoms with Crippen molar-refractivity contribution >= 4 is 28.6 Å². The van der Waals surface area contributed by atoms with E-state index in [0.717, 1.165) is 5.56 Å². The fourth-order valence-electron chi connectivity index (χ4n) is 3.24. The first kappa shape index (κ1) is 20.0. The molecule has 9 nitrogen and oxygen atoms in total. The molecule has 2 aromatic heterocycles. The maximum absolute atomic E-state index is 12.8. The number of rotatable bonds is 5. The molecule has 2 heterocycles. The fourth-order valence-corrected chi connectivity index (χ4v) is 3.24. The lowest BCUT2D eigenvalue weighted by atomic mass is 10.0. The van der Waals surface area contributed by atoms with Gasteiger partial charge in [-0.1, -0.05) is 17.7 Å². The van der Waals surface area contributed by atoms with Gasteiger partial charge in [-0.3, -0.25) is 9.59 Å². The average Bonchev–Trinajstić information content (AvgIpc) is 3.07. The van der Waals surface area contributed by atoms with Crippen molar-refractivity contribution in [1.82, 2.24) is 14.6 Å². The zero-order valence-electron chi connectivity index (χ0n) is 17.2. The van der Waals surface area contributed by atoms with E-state index in [-0.39, 0.29) is 22.7 Å². The number of aryl methyl sites for hydroxylation is 1. The first-order chi connectivity index (χ1) is 14.9. The fraction of sp³-hybridized carbons (Fsp3) is 0.136. The molecule has 0 aliphatic heterocycles. The van der Waals surface area contributed by atoms with Crippen LogP contribution in [0, 0.1) is 6.92 Å². The zero-order chi connectivity index (χ0) is 22.1. The molecule has 0 saturated carbocycles. The van der Waals surface area contributed by atoms with Gasteiger partial charge in [-0.05, 0) is 50.2 Å². The minimum Gasteiger partial charge on any atom is -0.497 e. The van der Waals surface area contributed by atoms with Crippen molar-refractivity contribution in [3.63, 3.8) is 0 Å². The van der Waals surface area contributed by atoms with Gasteiger partial charge in [0.25, 0.3) is 5.56 Å². The van der Waals surface area contributed by atoms with Crippen LogP contribution in [-0.4, -0.2) is 27.5 Å². The Balaban J connectivity index is 1.94. The highest BCUT2D eigenvalue weighted by molar-refractivity contribution is 6.00. The van der Waals surface area contributed by atoms with Gasteiger partial charge in [0.15, 0.2) is 22.9 Å². The van der Waals surface area contributed by atoms with Crippen molar-refractivity contribution in [1.29, 1.82) is 0 Å². The van der Waals surface area contributed by atoms with Crippen LogP contribution in [0.3, 0.4) is 0 Å². The predicted octanol–water partition coefficient (Wildman–Crippen LogP) is 4.21. The number of nitrogen functional groups attached to an aromatic ring is 1. The Hall–Kier alpha value is -4.27. The highest BCUT2D eigenvalue weighted by Gasteiger charge is 2.22. The maximum atomic E-state index is 12.8. The van der Waals surface area contributed by atoms with Gasteiger partial charge in [0.05, 0.1) is 18.5 Å². The topological polar surface area (TPSA) is 127 Å². The monoisotopic (exact) mass is 416 g/mol. The lowest BCUT2D eigenvalue weighted by Crippen LogP contribution is -2.21. The molecule has 31 heavy (non-hydrogen) atoms. The number of azo groups is 1. The van der Waals surface area contributed by atoms with Gasteiger partial charge in [-0.15, -0.1) is 10.2 Å². The number of ether oxygens (including phenoxy) is 1. The Morgan fingerprint density at radius 2 is 1.77 bits per heavy atom. The van der Waals surface area contributed by atoms with Crippen LogP contribution in [0.1, 0.15) is 22.8 Å². The van der Waals surface area contributed by atoms with Crippen LogP contribution in [0.5, 0.6) is 5.75 Å². The molecular formula is C22H20N6O3. The number of carbonyl (C=O) groups is 1. The summed E-state index contributed by atoms with van der Waals surface area (Å²) in [6, 6.07) is 14.4. The molecule has 0 atom stereocenters. The number of methoxy groups -OCH3 is 1. The normalized spacial score (nSPS) is 11.3. The second kappa shape index (κ2) is 7.86. The molecule has 4 rings (SSSR count). The number of anilines is 1. The average molecular weight is 416 g/mol. The lowest BCUT2D eigenvalue weighted by Gasteiger charge is -2.10. The molecule has 0 fully saturated rings. The van der Waals surface area contributed by atoms with Gasteiger partial charge in [0.1, 0.15) is 11.3 Å². The van der Waals surface area contributed by atoms with E-state index < -0.39 is 11.3 Å². The van der Waals surface area contributed by atoms with Crippen LogP contribution in [0.4, 0.5) is 17.2 Å². The molecule has 3 N–H and O–H groups in total. The first-order valence-corrected chi connectivity index (χ1v) is 9.47. The Labute approximate surface area is 177 Å². The number of ketones is 1. The molecule has 2 aromatic carbocycles. The molecule has 4 aromatic rings. The van der Waals surface area contributed by atoms with E-state index in [0.29, 0.717) is 22.7 Å². The summed E-state index contributed by atoms with van der Waals surface area (Å²) in [5.41, 5.74) is 8.61. The van der Waals surface area contributed by atoms with E-state index in [1.807, 2.05) is 31.2 Å². The molecule has 9 heteroatoms. The summed E-state index contributed by atoms with van der Waals surface area (Å²) in [7, 11) is 1.56.